The molecule has 0 amide bonds. The van der Waals surface area contributed by atoms with E-state index < -0.39 is 10.0 Å². The second kappa shape index (κ2) is 10.1. The molecule has 1 fully saturated rings. The highest BCUT2D eigenvalue weighted by atomic mass is 79.9. The Morgan fingerprint density at radius 1 is 1.06 bits per heavy atom. The van der Waals surface area contributed by atoms with Gasteiger partial charge in [0.05, 0.1) is 9.17 Å². The normalized spacial score (nSPS) is 16.0. The summed E-state index contributed by atoms with van der Waals surface area (Å²) in [7, 11) is -1.71. The van der Waals surface area contributed by atoms with Crippen molar-refractivity contribution in [2.45, 2.75) is 17.9 Å². The summed E-state index contributed by atoms with van der Waals surface area (Å²) in [4.78, 5) is 9.35. The second-order valence-corrected chi connectivity index (χ2v) is 12.5. The fourth-order valence-corrected chi connectivity index (χ4v) is 8.40. The summed E-state index contributed by atoms with van der Waals surface area (Å²) >= 11 is 4.97. The molecule has 1 saturated heterocycles. The molecule has 34 heavy (non-hydrogen) atoms. The third-order valence-corrected chi connectivity index (χ3v) is 10.0. The van der Waals surface area contributed by atoms with Crippen LogP contribution >= 0.6 is 39.7 Å². The Balaban J connectivity index is 0.00000274. The Kier molecular flexibility index (Phi) is 7.52. The zero-order valence-corrected chi connectivity index (χ0v) is 22.9. The number of halogens is 2. The molecular formula is C24H26BrClN4O2S2. The predicted octanol–water partition coefficient (Wildman–Crippen LogP) is 5.43. The van der Waals surface area contributed by atoms with Crippen LogP contribution in [-0.2, 0) is 10.0 Å². The van der Waals surface area contributed by atoms with Crippen molar-refractivity contribution < 1.29 is 8.42 Å². The van der Waals surface area contributed by atoms with Crippen LogP contribution < -0.4 is 9.62 Å². The van der Waals surface area contributed by atoms with Crippen LogP contribution in [-0.4, -0.2) is 51.5 Å². The number of benzene rings is 2. The number of anilines is 1. The largest absolute Gasteiger partial charge is 0.353 e. The molecule has 0 unspecified atom stereocenters. The van der Waals surface area contributed by atoms with Crippen LogP contribution in [0.15, 0.2) is 63.4 Å². The lowest BCUT2D eigenvalue weighted by atomic mass is 10.0. The van der Waals surface area contributed by atoms with Gasteiger partial charge in [-0.2, -0.15) is 0 Å². The van der Waals surface area contributed by atoms with Crippen molar-refractivity contribution >= 4 is 76.4 Å². The van der Waals surface area contributed by atoms with Gasteiger partial charge in [0.25, 0.3) is 0 Å². The first-order valence-corrected chi connectivity index (χ1v) is 13.9. The minimum absolute atomic E-state index is 0. The van der Waals surface area contributed by atoms with Gasteiger partial charge in [0.1, 0.15) is 10.7 Å². The van der Waals surface area contributed by atoms with Crippen molar-refractivity contribution in [2.75, 3.05) is 38.1 Å². The Morgan fingerprint density at radius 2 is 1.76 bits per heavy atom. The van der Waals surface area contributed by atoms with Crippen molar-refractivity contribution in [3.8, 4) is 0 Å². The summed E-state index contributed by atoms with van der Waals surface area (Å²) < 4.78 is 31.8. The number of nitrogens with zero attached hydrogens (tertiary/aromatic N) is 3. The molecule has 10 heteroatoms. The molecule has 3 heterocycles. The van der Waals surface area contributed by atoms with Gasteiger partial charge in [0, 0.05) is 43.1 Å². The van der Waals surface area contributed by atoms with E-state index in [9.17, 15) is 8.42 Å². The monoisotopic (exact) mass is 580 g/mol. The minimum Gasteiger partial charge on any atom is -0.353 e. The van der Waals surface area contributed by atoms with Gasteiger partial charge in [0.15, 0.2) is 0 Å². The maximum absolute atomic E-state index is 13.7. The van der Waals surface area contributed by atoms with Crippen LogP contribution in [0.3, 0.4) is 0 Å². The van der Waals surface area contributed by atoms with Gasteiger partial charge in [-0.1, -0.05) is 36.4 Å². The van der Waals surface area contributed by atoms with Crippen LogP contribution in [0.25, 0.3) is 20.9 Å². The summed E-state index contributed by atoms with van der Waals surface area (Å²) in [5.41, 5.74) is 0.922. The number of rotatable bonds is 5. The molecule has 1 aliphatic rings. The number of hydrogen-bond donors (Lipinski definition) is 1. The van der Waals surface area contributed by atoms with E-state index in [1.165, 1.54) is 11.3 Å². The lowest BCUT2D eigenvalue weighted by Gasteiger charge is -2.33. The third kappa shape index (κ3) is 4.82. The topological polar surface area (TPSA) is 65.5 Å². The van der Waals surface area contributed by atoms with Crippen LogP contribution in [0.5, 0.6) is 0 Å². The minimum atomic E-state index is -3.81. The molecule has 0 spiro atoms. The molecule has 2 aromatic carbocycles. The Bertz CT molecular complexity index is 1440. The first-order chi connectivity index (χ1) is 15.8. The summed E-state index contributed by atoms with van der Waals surface area (Å²) in [6, 6.07) is 15.6. The van der Waals surface area contributed by atoms with E-state index >= 15 is 0 Å². The number of hydrogen-bond acceptors (Lipinski definition) is 6. The quantitative estimate of drug-likeness (QED) is 0.341. The van der Waals surface area contributed by atoms with Gasteiger partial charge in [-0.25, -0.2) is 18.1 Å². The van der Waals surface area contributed by atoms with Gasteiger partial charge < -0.3 is 9.80 Å². The molecule has 6 nitrogen and oxygen atoms in total. The number of piperazine rings is 1. The van der Waals surface area contributed by atoms with Crippen LogP contribution in [0, 0.1) is 0 Å². The van der Waals surface area contributed by atoms with Gasteiger partial charge in [-0.05, 0) is 58.4 Å². The smallest absolute Gasteiger partial charge is 0.243 e. The summed E-state index contributed by atoms with van der Waals surface area (Å²) in [6.07, 6.45) is 1.76. The summed E-state index contributed by atoms with van der Waals surface area (Å²) in [5, 5.41) is 2.91. The molecule has 180 valence electrons. The van der Waals surface area contributed by atoms with Crippen LogP contribution in [0.2, 0.25) is 0 Å². The van der Waals surface area contributed by atoms with Crippen molar-refractivity contribution in [1.82, 2.24) is 14.6 Å². The van der Waals surface area contributed by atoms with Crippen LogP contribution in [0.4, 0.5) is 5.82 Å². The molecule has 0 radical (unpaired) electrons. The van der Waals surface area contributed by atoms with E-state index in [1.807, 2.05) is 49.4 Å². The van der Waals surface area contributed by atoms with E-state index in [0.29, 0.717) is 9.17 Å². The Labute approximate surface area is 218 Å². The van der Waals surface area contributed by atoms with E-state index in [2.05, 4.69) is 48.5 Å². The van der Waals surface area contributed by atoms with Crippen molar-refractivity contribution in [3.63, 3.8) is 0 Å². The van der Waals surface area contributed by atoms with Gasteiger partial charge in [-0.3, -0.25) is 0 Å². The number of aromatic nitrogens is 1. The average molecular weight is 582 g/mol. The fourth-order valence-electron chi connectivity index (χ4n) is 4.31. The van der Waals surface area contributed by atoms with Crippen molar-refractivity contribution in [1.29, 1.82) is 0 Å². The molecule has 1 aliphatic heterocycles. The van der Waals surface area contributed by atoms with E-state index in [1.54, 1.807) is 6.20 Å². The highest BCUT2D eigenvalue weighted by Crippen LogP contribution is 2.43. The number of fused-ring (bicyclic) bond motifs is 2. The molecule has 5 rings (SSSR count). The molecule has 2 aromatic heterocycles. The maximum Gasteiger partial charge on any atom is 0.243 e. The van der Waals surface area contributed by atoms with Crippen molar-refractivity contribution in [3.05, 3.63) is 64.1 Å². The molecule has 0 aliphatic carbocycles. The SMILES string of the molecule is C[C@H](NS(=O)(=O)c1c(Br)sc2ccnc(N3CCN(C)CC3)c12)c1ccc2ccccc2c1.Cl. The molecule has 1 N–H and O–H groups in total. The third-order valence-electron chi connectivity index (χ3n) is 6.17. The zero-order valence-electron chi connectivity index (χ0n) is 18.9. The van der Waals surface area contributed by atoms with Crippen LogP contribution in [0.1, 0.15) is 18.5 Å². The van der Waals surface area contributed by atoms with Crippen molar-refractivity contribution in [2.24, 2.45) is 0 Å². The van der Waals surface area contributed by atoms with Gasteiger partial charge in [-0.15, -0.1) is 23.7 Å². The lowest BCUT2D eigenvalue weighted by Crippen LogP contribution is -2.45. The molecule has 0 saturated carbocycles. The number of nitrogens with one attached hydrogen (secondary N) is 1. The summed E-state index contributed by atoms with van der Waals surface area (Å²) in [5.74, 6) is 0.737. The van der Waals surface area contributed by atoms with E-state index in [-0.39, 0.29) is 23.3 Å². The van der Waals surface area contributed by atoms with Gasteiger partial charge in [0.2, 0.25) is 10.0 Å². The molecular weight excluding hydrogens is 556 g/mol. The zero-order chi connectivity index (χ0) is 23.2. The lowest BCUT2D eigenvalue weighted by molar-refractivity contribution is 0.312. The number of pyridine rings is 1. The molecule has 1 atom stereocenters. The fraction of sp³-hybridized carbons (Fsp3) is 0.292. The maximum atomic E-state index is 13.7. The number of likely N-dealkylation sites (N-methyl/N-ethyl adjacent to an activating group) is 1. The molecule has 0 bridgehead atoms. The Morgan fingerprint density at radius 3 is 2.50 bits per heavy atom. The molecule has 4 aromatic rings. The Hall–Kier alpha value is -1.75. The number of thiophene rings is 1. The summed E-state index contributed by atoms with van der Waals surface area (Å²) in [6.45, 7) is 5.35. The first-order valence-electron chi connectivity index (χ1n) is 10.8. The predicted molar refractivity (Wildman–Crippen MR) is 147 cm³/mol. The number of sulfonamides is 1. The van der Waals surface area contributed by atoms with E-state index in [0.717, 1.165) is 53.0 Å². The highest BCUT2D eigenvalue weighted by Gasteiger charge is 2.30. The highest BCUT2D eigenvalue weighted by molar-refractivity contribution is 9.11. The average Bonchev–Trinajstić information content (AvgIpc) is 3.16. The van der Waals surface area contributed by atoms with Gasteiger partial charge >= 0.3 is 0 Å². The second-order valence-electron chi connectivity index (χ2n) is 8.45. The van der Waals surface area contributed by atoms with E-state index in [4.69, 9.17) is 0 Å². The first kappa shape index (κ1) is 25.3. The standard InChI is InChI=1S/C24H25BrN4O2S2.ClH/c1-16(18-8-7-17-5-3-4-6-19(17)15-18)27-33(30,31)22-21-20(32-23(22)25)9-10-26-24(21)29-13-11-28(2)12-14-29;/h3-10,15-16,27H,11-14H2,1-2H3;1H/t16-;/m0./s1.